The molecule has 100 valence electrons. The van der Waals surface area contributed by atoms with Gasteiger partial charge in [0.2, 0.25) is 5.88 Å². The fraction of sp³-hybridized carbons (Fsp3) is 0.583. The maximum atomic E-state index is 11.0. The Morgan fingerprint density at radius 3 is 2.72 bits per heavy atom. The molecule has 1 N–H and O–H groups in total. The van der Waals surface area contributed by atoms with E-state index in [2.05, 4.69) is 9.97 Å². The lowest BCUT2D eigenvalue weighted by Crippen LogP contribution is -2.38. The third-order valence-corrected chi connectivity index (χ3v) is 2.91. The molecule has 0 amide bonds. The number of nitrogens with zero attached hydrogens (tertiary/aromatic N) is 3. The van der Waals surface area contributed by atoms with Crippen molar-refractivity contribution in [2.75, 3.05) is 18.6 Å². The number of carbonyl (C=O) groups is 1. The van der Waals surface area contributed by atoms with Gasteiger partial charge in [0.15, 0.2) is 0 Å². The summed E-state index contributed by atoms with van der Waals surface area (Å²) in [7, 11) is 1.53. The van der Waals surface area contributed by atoms with Gasteiger partial charge in [-0.25, -0.2) is 9.97 Å². The average molecular weight is 253 g/mol. The molecule has 0 aliphatic rings. The fourth-order valence-electron chi connectivity index (χ4n) is 1.73. The van der Waals surface area contributed by atoms with Gasteiger partial charge in [0, 0.05) is 6.04 Å². The molecule has 1 unspecified atom stereocenters. The molecule has 0 aliphatic heterocycles. The van der Waals surface area contributed by atoms with Crippen LogP contribution in [-0.4, -0.2) is 40.7 Å². The summed E-state index contributed by atoms with van der Waals surface area (Å²) in [6, 6.07) is 0.0828. The molecule has 0 saturated heterocycles. The average Bonchev–Trinajstić information content (AvgIpc) is 2.35. The molecular formula is C12H19N3O3. The maximum Gasteiger partial charge on any atom is 0.323 e. The Hall–Kier alpha value is -1.85. The fourth-order valence-corrected chi connectivity index (χ4v) is 1.73. The summed E-state index contributed by atoms with van der Waals surface area (Å²) >= 11 is 0. The first kappa shape index (κ1) is 14.2. The molecule has 6 nitrogen and oxygen atoms in total. The summed E-state index contributed by atoms with van der Waals surface area (Å²) in [5.74, 6) is 0.199. The molecule has 0 saturated carbocycles. The Bertz CT molecular complexity index is 423. The van der Waals surface area contributed by atoms with Gasteiger partial charge < -0.3 is 14.7 Å². The van der Waals surface area contributed by atoms with Crippen LogP contribution in [0.15, 0.2) is 6.33 Å². The lowest BCUT2D eigenvalue weighted by atomic mass is 10.2. The van der Waals surface area contributed by atoms with Crippen LogP contribution in [0, 0.1) is 6.92 Å². The standard InChI is InChI=1S/C12H19N3O3/c1-5-8(2)15(6-10(16)17)11-9(3)12(18-4)14-7-13-11/h7-8H,5-6H2,1-4H3,(H,16,17). The number of carboxylic acid groups (broad SMARTS) is 1. The number of ether oxygens (including phenoxy) is 1. The minimum atomic E-state index is -0.882. The summed E-state index contributed by atoms with van der Waals surface area (Å²) in [6.07, 6.45) is 2.22. The number of carboxylic acids is 1. The Labute approximate surface area is 107 Å². The van der Waals surface area contributed by atoms with Crippen molar-refractivity contribution in [3.8, 4) is 5.88 Å². The van der Waals surface area contributed by atoms with Crippen molar-refractivity contribution in [1.82, 2.24) is 9.97 Å². The zero-order valence-corrected chi connectivity index (χ0v) is 11.2. The SMILES string of the molecule is CCC(C)N(CC(=O)O)c1ncnc(OC)c1C. The largest absolute Gasteiger partial charge is 0.481 e. The number of methoxy groups -OCH3 is 1. The van der Waals surface area contributed by atoms with Gasteiger partial charge in [0.25, 0.3) is 0 Å². The maximum absolute atomic E-state index is 11.0. The van der Waals surface area contributed by atoms with E-state index in [0.717, 1.165) is 12.0 Å². The van der Waals surface area contributed by atoms with Crippen LogP contribution < -0.4 is 9.64 Å². The summed E-state index contributed by atoms with van der Waals surface area (Å²) in [5, 5.41) is 8.99. The van der Waals surface area contributed by atoms with Crippen LogP contribution in [0.5, 0.6) is 5.88 Å². The molecule has 1 heterocycles. The number of hydrogen-bond donors (Lipinski definition) is 1. The van der Waals surface area contributed by atoms with Gasteiger partial charge in [-0.05, 0) is 20.3 Å². The summed E-state index contributed by atoms with van der Waals surface area (Å²) in [6.45, 7) is 5.71. The first-order chi connectivity index (χ1) is 8.51. The first-order valence-electron chi connectivity index (χ1n) is 5.85. The van der Waals surface area contributed by atoms with E-state index in [0.29, 0.717) is 11.7 Å². The van der Waals surface area contributed by atoms with Crippen molar-refractivity contribution in [2.24, 2.45) is 0 Å². The van der Waals surface area contributed by atoms with E-state index in [4.69, 9.17) is 9.84 Å². The Morgan fingerprint density at radius 2 is 2.22 bits per heavy atom. The summed E-state index contributed by atoms with van der Waals surface area (Å²) in [5.41, 5.74) is 0.751. The van der Waals surface area contributed by atoms with Crippen molar-refractivity contribution in [3.63, 3.8) is 0 Å². The number of rotatable bonds is 6. The zero-order chi connectivity index (χ0) is 13.7. The van der Waals surface area contributed by atoms with E-state index in [1.54, 1.807) is 4.90 Å². The molecule has 0 fully saturated rings. The molecule has 18 heavy (non-hydrogen) atoms. The Balaban J connectivity index is 3.16. The lowest BCUT2D eigenvalue weighted by molar-refractivity contribution is -0.135. The highest BCUT2D eigenvalue weighted by molar-refractivity contribution is 5.74. The van der Waals surface area contributed by atoms with Crippen LogP contribution in [0.1, 0.15) is 25.8 Å². The second kappa shape index (κ2) is 6.18. The van der Waals surface area contributed by atoms with E-state index in [1.165, 1.54) is 13.4 Å². The molecular weight excluding hydrogens is 234 g/mol. The number of anilines is 1. The molecule has 6 heteroatoms. The van der Waals surface area contributed by atoms with E-state index < -0.39 is 5.97 Å². The molecule has 0 bridgehead atoms. The topological polar surface area (TPSA) is 75.6 Å². The second-order valence-corrected chi connectivity index (χ2v) is 4.11. The van der Waals surface area contributed by atoms with Crippen molar-refractivity contribution < 1.29 is 14.6 Å². The molecule has 1 rings (SSSR count). The van der Waals surface area contributed by atoms with Crippen LogP contribution in [-0.2, 0) is 4.79 Å². The van der Waals surface area contributed by atoms with Gasteiger partial charge in [-0.15, -0.1) is 0 Å². The highest BCUT2D eigenvalue weighted by Crippen LogP contribution is 2.25. The smallest absolute Gasteiger partial charge is 0.323 e. The molecule has 1 atom stereocenters. The van der Waals surface area contributed by atoms with E-state index in [1.807, 2.05) is 20.8 Å². The third-order valence-electron chi connectivity index (χ3n) is 2.91. The Morgan fingerprint density at radius 1 is 1.56 bits per heavy atom. The third kappa shape index (κ3) is 3.09. The molecule has 0 radical (unpaired) electrons. The van der Waals surface area contributed by atoms with Crippen molar-refractivity contribution in [1.29, 1.82) is 0 Å². The summed E-state index contributed by atoms with van der Waals surface area (Å²) in [4.78, 5) is 20.9. The first-order valence-corrected chi connectivity index (χ1v) is 5.85. The minimum Gasteiger partial charge on any atom is -0.481 e. The van der Waals surface area contributed by atoms with Crippen LogP contribution >= 0.6 is 0 Å². The molecule has 1 aromatic rings. The number of aromatic nitrogens is 2. The van der Waals surface area contributed by atoms with E-state index >= 15 is 0 Å². The Kier molecular flexibility index (Phi) is 4.88. The lowest BCUT2D eigenvalue weighted by Gasteiger charge is -2.29. The minimum absolute atomic E-state index is 0.0828. The molecule has 0 aromatic carbocycles. The van der Waals surface area contributed by atoms with E-state index in [-0.39, 0.29) is 12.6 Å². The normalized spacial score (nSPS) is 12.0. The van der Waals surface area contributed by atoms with Gasteiger partial charge in [-0.3, -0.25) is 4.79 Å². The van der Waals surface area contributed by atoms with Crippen LogP contribution in [0.4, 0.5) is 5.82 Å². The summed E-state index contributed by atoms with van der Waals surface area (Å²) < 4.78 is 5.13. The van der Waals surface area contributed by atoms with Gasteiger partial charge >= 0.3 is 5.97 Å². The van der Waals surface area contributed by atoms with Gasteiger partial charge in [-0.2, -0.15) is 0 Å². The number of aliphatic carboxylic acids is 1. The highest BCUT2D eigenvalue weighted by Gasteiger charge is 2.21. The van der Waals surface area contributed by atoms with Gasteiger partial charge in [0.1, 0.15) is 18.7 Å². The zero-order valence-electron chi connectivity index (χ0n) is 11.2. The quantitative estimate of drug-likeness (QED) is 0.827. The van der Waals surface area contributed by atoms with Crippen LogP contribution in [0.2, 0.25) is 0 Å². The second-order valence-electron chi connectivity index (χ2n) is 4.11. The molecule has 0 spiro atoms. The predicted octanol–water partition coefficient (Wildman–Crippen LogP) is 1.48. The molecule has 0 aliphatic carbocycles. The van der Waals surface area contributed by atoms with Gasteiger partial charge in [-0.1, -0.05) is 6.92 Å². The highest BCUT2D eigenvalue weighted by atomic mass is 16.5. The number of hydrogen-bond acceptors (Lipinski definition) is 5. The van der Waals surface area contributed by atoms with E-state index in [9.17, 15) is 4.79 Å². The predicted molar refractivity (Wildman–Crippen MR) is 68.1 cm³/mol. The van der Waals surface area contributed by atoms with Crippen molar-refractivity contribution >= 4 is 11.8 Å². The van der Waals surface area contributed by atoms with Crippen molar-refractivity contribution in [2.45, 2.75) is 33.2 Å². The van der Waals surface area contributed by atoms with Gasteiger partial charge in [0.05, 0.1) is 12.7 Å². The van der Waals surface area contributed by atoms with Crippen molar-refractivity contribution in [3.05, 3.63) is 11.9 Å². The van der Waals surface area contributed by atoms with Crippen LogP contribution in [0.3, 0.4) is 0 Å². The van der Waals surface area contributed by atoms with Crippen LogP contribution in [0.25, 0.3) is 0 Å². The molecule has 1 aromatic heterocycles. The monoisotopic (exact) mass is 253 g/mol.